The molecule has 0 radical (unpaired) electrons. The van der Waals surface area contributed by atoms with Crippen molar-refractivity contribution in [2.75, 3.05) is 0 Å². The lowest BCUT2D eigenvalue weighted by Gasteiger charge is -2.53. The van der Waals surface area contributed by atoms with Crippen molar-refractivity contribution in [1.82, 2.24) is 15.0 Å². The molecule has 4 unspecified atom stereocenters. The van der Waals surface area contributed by atoms with Crippen LogP contribution in [0.3, 0.4) is 0 Å². The number of ether oxygens (including phenoxy) is 1. The molecule has 0 saturated carbocycles. The van der Waals surface area contributed by atoms with Crippen molar-refractivity contribution in [3.05, 3.63) is 204 Å². The Morgan fingerprint density at radius 2 is 1.31 bits per heavy atom. The molecular formula is C53H37N3O2. The Morgan fingerprint density at radius 3 is 2.22 bits per heavy atom. The molecule has 0 fully saturated rings. The molecule has 6 aromatic carbocycles. The Balaban J connectivity index is 1.08. The van der Waals surface area contributed by atoms with Crippen molar-refractivity contribution in [2.45, 2.75) is 30.8 Å². The van der Waals surface area contributed by atoms with Crippen molar-refractivity contribution in [3.8, 4) is 51.0 Å². The van der Waals surface area contributed by atoms with Gasteiger partial charge in [-0.15, -0.1) is 0 Å². The van der Waals surface area contributed by atoms with E-state index in [-0.39, 0.29) is 17.4 Å². The Kier molecular flexibility index (Phi) is 7.10. The molecule has 4 atom stereocenters. The highest BCUT2D eigenvalue weighted by atomic mass is 16.5. The van der Waals surface area contributed by atoms with Crippen LogP contribution in [0.4, 0.5) is 0 Å². The number of hydrogen-bond donors (Lipinski definition) is 0. The van der Waals surface area contributed by atoms with Crippen LogP contribution in [0.15, 0.2) is 192 Å². The zero-order chi connectivity index (χ0) is 38.4. The second-order valence-corrected chi connectivity index (χ2v) is 15.9. The lowest BCUT2D eigenvalue weighted by Crippen LogP contribution is -2.51. The van der Waals surface area contributed by atoms with E-state index < -0.39 is 5.41 Å². The van der Waals surface area contributed by atoms with Gasteiger partial charge < -0.3 is 9.15 Å². The molecule has 1 spiro atoms. The fraction of sp³-hybridized carbons (Fsp3) is 0.113. The first-order valence-electron chi connectivity index (χ1n) is 20.1. The van der Waals surface area contributed by atoms with Gasteiger partial charge in [0.05, 0.1) is 5.41 Å². The number of allylic oxidation sites excluding steroid dienone is 6. The number of furan rings is 1. The van der Waals surface area contributed by atoms with Gasteiger partial charge in [0.25, 0.3) is 0 Å². The van der Waals surface area contributed by atoms with Crippen LogP contribution in [-0.2, 0) is 5.41 Å². The summed E-state index contributed by atoms with van der Waals surface area (Å²) >= 11 is 0. The summed E-state index contributed by atoms with van der Waals surface area (Å²) in [5, 5.41) is 2.15. The number of benzene rings is 6. The summed E-state index contributed by atoms with van der Waals surface area (Å²) in [7, 11) is 0. The van der Waals surface area contributed by atoms with E-state index in [9.17, 15) is 0 Å². The Bertz CT molecular complexity index is 3120. The molecule has 5 nitrogen and oxygen atoms in total. The number of hydrogen-bond acceptors (Lipinski definition) is 5. The SMILES string of the molecule is CC12C=CC=CC1c1ccccc1C21C2=CC=CCC2Oc2c(-c3ccccc3-c3nc(-c4ccccc4)nc(-c4ccc5c(c4)oc4ccccc45)n3)cccc21. The van der Waals surface area contributed by atoms with E-state index in [0.717, 1.165) is 61.9 Å². The number of aromatic nitrogens is 3. The van der Waals surface area contributed by atoms with Gasteiger partial charge in [-0.25, -0.2) is 15.0 Å². The first-order valence-corrected chi connectivity index (χ1v) is 20.1. The second-order valence-electron chi connectivity index (χ2n) is 15.9. The monoisotopic (exact) mass is 747 g/mol. The molecular weight excluding hydrogens is 711 g/mol. The molecule has 8 aromatic rings. The zero-order valence-corrected chi connectivity index (χ0v) is 31.8. The Morgan fingerprint density at radius 1 is 0.586 bits per heavy atom. The van der Waals surface area contributed by atoms with Crippen LogP contribution >= 0.6 is 0 Å². The zero-order valence-electron chi connectivity index (χ0n) is 31.8. The normalized spacial score (nSPS) is 22.3. The van der Waals surface area contributed by atoms with Crippen LogP contribution in [-0.4, -0.2) is 21.1 Å². The summed E-state index contributed by atoms with van der Waals surface area (Å²) in [5.74, 6) is 2.91. The summed E-state index contributed by atoms with van der Waals surface area (Å²) < 4.78 is 13.6. The molecule has 0 saturated heterocycles. The topological polar surface area (TPSA) is 61.0 Å². The van der Waals surface area contributed by atoms with Crippen LogP contribution in [0.25, 0.3) is 67.2 Å². The highest BCUT2D eigenvalue weighted by Gasteiger charge is 2.64. The predicted octanol–water partition coefficient (Wildman–Crippen LogP) is 12.6. The predicted molar refractivity (Wildman–Crippen MR) is 231 cm³/mol. The third-order valence-corrected chi connectivity index (χ3v) is 13.0. The summed E-state index contributed by atoms with van der Waals surface area (Å²) in [5.41, 5.74) is 10.9. The molecule has 0 amide bonds. The van der Waals surface area contributed by atoms with Gasteiger partial charge in [0.1, 0.15) is 23.0 Å². The Labute approximate surface area is 336 Å². The molecule has 0 bridgehead atoms. The first kappa shape index (κ1) is 33.1. The van der Waals surface area contributed by atoms with Crippen LogP contribution in [0.5, 0.6) is 5.75 Å². The minimum absolute atomic E-state index is 0.115. The number of fused-ring (bicyclic) bond motifs is 12. The van der Waals surface area contributed by atoms with E-state index in [4.69, 9.17) is 24.1 Å². The lowest BCUT2D eigenvalue weighted by molar-refractivity contribution is 0.157. The van der Waals surface area contributed by atoms with Crippen molar-refractivity contribution >= 4 is 21.9 Å². The fourth-order valence-corrected chi connectivity index (χ4v) is 10.5. The molecule has 12 rings (SSSR count). The molecule has 276 valence electrons. The van der Waals surface area contributed by atoms with Gasteiger partial charge in [0, 0.05) is 56.3 Å². The first-order chi connectivity index (χ1) is 28.6. The third kappa shape index (κ3) is 4.56. The van der Waals surface area contributed by atoms with E-state index in [1.54, 1.807) is 0 Å². The Hall–Kier alpha value is -7.11. The van der Waals surface area contributed by atoms with Gasteiger partial charge in [-0.05, 0) is 40.5 Å². The van der Waals surface area contributed by atoms with Crippen LogP contribution in [0.1, 0.15) is 36.0 Å². The van der Waals surface area contributed by atoms with Crippen LogP contribution in [0.2, 0.25) is 0 Å². The maximum absolute atomic E-state index is 7.27. The van der Waals surface area contributed by atoms with Gasteiger partial charge in [0.2, 0.25) is 0 Å². The summed E-state index contributed by atoms with van der Waals surface area (Å²) in [6.45, 7) is 2.45. The maximum atomic E-state index is 7.27. The van der Waals surface area contributed by atoms with E-state index in [0.29, 0.717) is 17.5 Å². The van der Waals surface area contributed by atoms with Crippen molar-refractivity contribution in [3.63, 3.8) is 0 Å². The van der Waals surface area contributed by atoms with E-state index in [1.165, 1.54) is 22.3 Å². The molecule has 2 aromatic heterocycles. The fourth-order valence-electron chi connectivity index (χ4n) is 10.5. The van der Waals surface area contributed by atoms with E-state index in [2.05, 4.69) is 134 Å². The summed E-state index contributed by atoms with van der Waals surface area (Å²) in [6, 6.07) is 48.7. The number of rotatable bonds is 4. The quantitative estimate of drug-likeness (QED) is 0.179. The van der Waals surface area contributed by atoms with Gasteiger partial charge in [0.15, 0.2) is 17.5 Å². The van der Waals surface area contributed by atoms with Gasteiger partial charge in [-0.3, -0.25) is 0 Å². The average Bonchev–Trinajstić information content (AvgIpc) is 3.77. The molecule has 1 aliphatic heterocycles. The van der Waals surface area contributed by atoms with Gasteiger partial charge in [-0.2, -0.15) is 0 Å². The minimum Gasteiger partial charge on any atom is -0.485 e. The number of nitrogens with zero attached hydrogens (tertiary/aromatic N) is 3. The largest absolute Gasteiger partial charge is 0.485 e. The van der Waals surface area contributed by atoms with Gasteiger partial charge in [-0.1, -0.05) is 171 Å². The summed E-state index contributed by atoms with van der Waals surface area (Å²) in [6.07, 6.45) is 16.8. The molecule has 0 N–H and O–H groups in total. The minimum atomic E-state index is -0.445. The third-order valence-electron chi connectivity index (χ3n) is 13.0. The van der Waals surface area contributed by atoms with Gasteiger partial charge >= 0.3 is 0 Å². The van der Waals surface area contributed by atoms with E-state index in [1.807, 2.05) is 54.6 Å². The van der Waals surface area contributed by atoms with Crippen molar-refractivity contribution < 1.29 is 9.15 Å². The molecule has 3 aliphatic carbocycles. The summed E-state index contributed by atoms with van der Waals surface area (Å²) in [4.78, 5) is 15.5. The second kappa shape index (κ2) is 12.4. The smallest absolute Gasteiger partial charge is 0.164 e. The van der Waals surface area contributed by atoms with Crippen LogP contribution in [0, 0.1) is 5.41 Å². The van der Waals surface area contributed by atoms with Crippen molar-refractivity contribution in [1.29, 1.82) is 0 Å². The molecule has 3 heterocycles. The highest BCUT2D eigenvalue weighted by Crippen LogP contribution is 2.70. The molecule has 4 aliphatic rings. The standard InChI is InChI=1S/C53H37N3O2/c1-52-31-14-13-23-41(52)40-21-7-9-24-42(40)53(52)43-25-10-12-28-46(43)58-48-38(22-15-26-44(48)53)35-18-5-6-20-39(35)51-55-49(33-16-3-2-4-17-33)54-50(56-51)34-29-30-37-36-19-8-11-27-45(36)57-47(37)32-34/h2-27,29-32,41,46H,28H2,1H3. The molecule has 58 heavy (non-hydrogen) atoms. The average molecular weight is 748 g/mol. The van der Waals surface area contributed by atoms with Crippen LogP contribution < -0.4 is 4.74 Å². The number of para-hydroxylation sites is 2. The van der Waals surface area contributed by atoms with E-state index >= 15 is 0 Å². The highest BCUT2D eigenvalue weighted by molar-refractivity contribution is 6.05. The lowest BCUT2D eigenvalue weighted by atomic mass is 9.52. The van der Waals surface area contributed by atoms with Crippen molar-refractivity contribution in [2.24, 2.45) is 5.41 Å². The molecule has 5 heteroatoms. The maximum Gasteiger partial charge on any atom is 0.164 e.